The van der Waals surface area contributed by atoms with E-state index in [2.05, 4.69) is 5.73 Å². The van der Waals surface area contributed by atoms with Gasteiger partial charge in [0.05, 0.1) is 18.0 Å². The number of aldehydes is 1. The predicted octanol–water partition coefficient (Wildman–Crippen LogP) is 2.53. The van der Waals surface area contributed by atoms with Crippen LogP contribution >= 0.6 is 0 Å². The topological polar surface area (TPSA) is 124 Å². The van der Waals surface area contributed by atoms with Gasteiger partial charge in [0.25, 0.3) is 0 Å². The number of hydrogen-bond donors (Lipinski definition) is 3. The van der Waals surface area contributed by atoms with E-state index < -0.39 is 11.6 Å². The number of carbonyl (C=O) groups is 2. The molecule has 4 rings (SSSR count). The average molecular weight is 466 g/mol. The van der Waals surface area contributed by atoms with E-state index in [0.29, 0.717) is 30.0 Å². The fraction of sp³-hybridized carbons (Fsp3) is 0.458. The lowest BCUT2D eigenvalue weighted by atomic mass is 9.90. The van der Waals surface area contributed by atoms with Gasteiger partial charge in [-0.2, -0.15) is 0 Å². The maximum Gasteiger partial charge on any atom is 0.127 e. The maximum atomic E-state index is 13.0. The van der Waals surface area contributed by atoms with Gasteiger partial charge in [-0.15, -0.1) is 0 Å². The molecular formula is C24H35F2N4O3+. The monoisotopic (exact) mass is 465 g/mol. The Balaban J connectivity index is 0.000000258. The van der Waals surface area contributed by atoms with Crippen LogP contribution in [-0.2, 0) is 14.3 Å². The SMILES string of the molecule is C=O.CN1C(=N)CCC1c1cc(F)cc(F)c1.COC1CC(N)C1.[NH3+]C1=CCC(C=O)C=C1. The summed E-state index contributed by atoms with van der Waals surface area (Å²) in [4.78, 5) is 19.9. The number of amidine groups is 1. The zero-order valence-electron chi connectivity index (χ0n) is 19.3. The summed E-state index contributed by atoms with van der Waals surface area (Å²) in [6.07, 6.45) is 11.5. The molecule has 1 aromatic rings. The number of likely N-dealkylation sites (tertiary alicyclic amines) is 1. The molecule has 6 N–H and O–H groups in total. The van der Waals surface area contributed by atoms with Crippen LogP contribution in [-0.4, -0.2) is 50.1 Å². The summed E-state index contributed by atoms with van der Waals surface area (Å²) in [5.74, 6) is -0.506. The van der Waals surface area contributed by atoms with Gasteiger partial charge < -0.3 is 30.7 Å². The van der Waals surface area contributed by atoms with Gasteiger partial charge >= 0.3 is 0 Å². The number of nitrogens with zero attached hydrogens (tertiary/aromatic N) is 1. The van der Waals surface area contributed by atoms with Gasteiger partial charge in [-0.3, -0.25) is 5.41 Å². The Kier molecular flexibility index (Phi) is 12.3. The van der Waals surface area contributed by atoms with Crippen LogP contribution < -0.4 is 11.5 Å². The first kappa shape index (κ1) is 28.3. The molecule has 2 aliphatic carbocycles. The fourth-order valence-electron chi connectivity index (χ4n) is 3.57. The quantitative estimate of drug-likeness (QED) is 0.592. The molecule has 9 heteroatoms. The maximum absolute atomic E-state index is 13.0. The number of nitrogens with one attached hydrogen (secondary N) is 1. The third kappa shape index (κ3) is 9.33. The van der Waals surface area contributed by atoms with E-state index in [4.69, 9.17) is 20.7 Å². The second kappa shape index (κ2) is 14.4. The van der Waals surface area contributed by atoms with E-state index in [1.165, 1.54) is 12.1 Å². The van der Waals surface area contributed by atoms with E-state index in [-0.39, 0.29) is 12.0 Å². The lowest BCUT2D eigenvalue weighted by Gasteiger charge is -2.30. The number of hydrogen-bond acceptors (Lipinski definition) is 5. The van der Waals surface area contributed by atoms with Gasteiger partial charge in [0.2, 0.25) is 0 Å². The summed E-state index contributed by atoms with van der Waals surface area (Å²) in [5, 5.41) is 7.58. The number of nitrogens with two attached hydrogens (primary N) is 1. The van der Waals surface area contributed by atoms with Crippen LogP contribution in [0.25, 0.3) is 0 Å². The van der Waals surface area contributed by atoms with Crippen molar-refractivity contribution in [2.75, 3.05) is 14.2 Å². The Labute approximate surface area is 194 Å². The van der Waals surface area contributed by atoms with Gasteiger partial charge in [0.15, 0.2) is 0 Å². The van der Waals surface area contributed by atoms with Crippen molar-refractivity contribution >= 4 is 18.9 Å². The molecule has 2 atom stereocenters. The van der Waals surface area contributed by atoms with Crippen molar-refractivity contribution in [3.63, 3.8) is 0 Å². The van der Waals surface area contributed by atoms with Crippen molar-refractivity contribution < 1.29 is 28.8 Å². The first-order chi connectivity index (χ1) is 15.7. The molecule has 2 unspecified atom stereocenters. The number of benzene rings is 1. The highest BCUT2D eigenvalue weighted by Gasteiger charge is 2.27. The average Bonchev–Trinajstić information content (AvgIpc) is 3.12. The normalized spacial score (nSPS) is 25.2. The second-order valence-corrected chi connectivity index (χ2v) is 8.08. The Morgan fingerprint density at radius 3 is 2.21 bits per heavy atom. The van der Waals surface area contributed by atoms with Crippen LogP contribution in [0.4, 0.5) is 8.78 Å². The van der Waals surface area contributed by atoms with Gasteiger partial charge in [-0.1, -0.05) is 6.08 Å². The highest BCUT2D eigenvalue weighted by Crippen LogP contribution is 2.32. The highest BCUT2D eigenvalue weighted by atomic mass is 19.1. The van der Waals surface area contributed by atoms with Gasteiger partial charge in [-0.25, -0.2) is 8.78 Å². The van der Waals surface area contributed by atoms with Gasteiger partial charge in [-0.05, 0) is 55.5 Å². The molecule has 0 aromatic heterocycles. The van der Waals surface area contributed by atoms with Crippen molar-refractivity contribution in [1.82, 2.24) is 4.90 Å². The number of quaternary nitrogens is 1. The molecule has 0 amide bonds. The summed E-state index contributed by atoms with van der Waals surface area (Å²) in [6, 6.07) is 3.89. The third-order valence-electron chi connectivity index (χ3n) is 5.67. The highest BCUT2D eigenvalue weighted by molar-refractivity contribution is 5.81. The molecule has 1 saturated carbocycles. The zero-order valence-corrected chi connectivity index (χ0v) is 19.3. The van der Waals surface area contributed by atoms with Crippen molar-refractivity contribution in [2.24, 2.45) is 11.7 Å². The number of rotatable bonds is 3. The van der Waals surface area contributed by atoms with Gasteiger partial charge in [0, 0.05) is 38.6 Å². The van der Waals surface area contributed by atoms with E-state index in [1.54, 1.807) is 19.1 Å². The minimum absolute atomic E-state index is 0.0669. The summed E-state index contributed by atoms with van der Waals surface area (Å²) in [7, 11) is 3.51. The first-order valence-corrected chi connectivity index (χ1v) is 10.7. The van der Waals surface area contributed by atoms with E-state index in [9.17, 15) is 13.6 Å². The number of ether oxygens (including phenoxy) is 1. The molecule has 1 aromatic carbocycles. The van der Waals surface area contributed by atoms with E-state index >= 15 is 0 Å². The number of methoxy groups -OCH3 is 1. The molecule has 1 saturated heterocycles. The molecule has 3 aliphatic rings. The first-order valence-electron chi connectivity index (χ1n) is 10.7. The van der Waals surface area contributed by atoms with Gasteiger partial charge in [0.1, 0.15) is 30.4 Å². The van der Waals surface area contributed by atoms with Crippen LogP contribution in [0.1, 0.15) is 43.7 Å². The predicted molar refractivity (Wildman–Crippen MR) is 123 cm³/mol. The zero-order chi connectivity index (χ0) is 25.0. The summed E-state index contributed by atoms with van der Waals surface area (Å²) in [5.41, 5.74) is 10.8. The summed E-state index contributed by atoms with van der Waals surface area (Å²) < 4.78 is 31.0. The molecule has 0 bridgehead atoms. The Morgan fingerprint density at radius 1 is 1.24 bits per heavy atom. The van der Waals surface area contributed by atoms with Crippen molar-refractivity contribution in [3.05, 3.63) is 59.3 Å². The van der Waals surface area contributed by atoms with Crippen LogP contribution in [0.2, 0.25) is 0 Å². The van der Waals surface area contributed by atoms with E-state index in [1.807, 2.05) is 25.0 Å². The standard InChI is InChI=1S/C11H12F2N2.C7H9NO.C5H11NO.CH2O/c1-15-10(2-3-11(15)14)7-4-8(12)6-9(13)5-7;8-7-3-1-6(5-9)2-4-7;1-7-5-2-4(6)3-5;1-2/h4-6,10,14H,2-3H2,1H3;1,3-6H,2,8H2;4-5H,2-3,6H2,1H3;1H2/p+1. The smallest absolute Gasteiger partial charge is 0.127 e. The molecule has 182 valence electrons. The number of carbonyl (C=O) groups excluding carboxylic acids is 2. The molecular weight excluding hydrogens is 430 g/mol. The van der Waals surface area contributed by atoms with Crippen molar-refractivity contribution in [2.45, 2.75) is 50.3 Å². The minimum atomic E-state index is -0.558. The van der Waals surface area contributed by atoms with Crippen LogP contribution in [0.5, 0.6) is 0 Å². The largest absolute Gasteiger partial charge is 0.381 e. The molecule has 0 radical (unpaired) electrons. The minimum Gasteiger partial charge on any atom is -0.381 e. The lowest BCUT2D eigenvalue weighted by Crippen LogP contribution is -2.47. The number of halogens is 2. The Morgan fingerprint density at radius 2 is 1.85 bits per heavy atom. The second-order valence-electron chi connectivity index (χ2n) is 8.08. The molecule has 1 aliphatic heterocycles. The summed E-state index contributed by atoms with van der Waals surface area (Å²) >= 11 is 0. The molecule has 0 spiro atoms. The molecule has 7 nitrogen and oxygen atoms in total. The van der Waals surface area contributed by atoms with Crippen molar-refractivity contribution in [1.29, 1.82) is 5.41 Å². The third-order valence-corrected chi connectivity index (χ3v) is 5.67. The van der Waals surface area contributed by atoms with Crippen LogP contribution in [0, 0.1) is 23.0 Å². The fourth-order valence-corrected chi connectivity index (χ4v) is 3.57. The van der Waals surface area contributed by atoms with Crippen molar-refractivity contribution in [3.8, 4) is 0 Å². The number of allylic oxidation sites excluding steroid dienone is 3. The lowest BCUT2D eigenvalue weighted by molar-refractivity contribution is -0.295. The molecule has 33 heavy (non-hydrogen) atoms. The Bertz CT molecular complexity index is 821. The van der Waals surface area contributed by atoms with E-state index in [0.717, 1.165) is 43.7 Å². The van der Waals surface area contributed by atoms with Crippen LogP contribution in [0.3, 0.4) is 0 Å². The summed E-state index contributed by atoms with van der Waals surface area (Å²) in [6.45, 7) is 2.00. The molecule has 2 fully saturated rings. The molecule has 1 heterocycles. The van der Waals surface area contributed by atoms with Crippen LogP contribution in [0.15, 0.2) is 42.1 Å². The Hall–Kier alpha value is -2.75.